The number of anilines is 1. The monoisotopic (exact) mass is 484 g/mol. The van der Waals surface area contributed by atoms with Crippen molar-refractivity contribution in [1.29, 1.82) is 0 Å². The van der Waals surface area contributed by atoms with E-state index in [-0.39, 0.29) is 0 Å². The number of nitrogens with zero attached hydrogens (tertiary/aromatic N) is 4. The fourth-order valence-electron chi connectivity index (χ4n) is 4.02. The van der Waals surface area contributed by atoms with Crippen LogP contribution < -0.4 is 10.6 Å². The Bertz CT molecular complexity index is 1160. The fraction of sp³-hybridized carbons (Fsp3) is 0.417. The van der Waals surface area contributed by atoms with Gasteiger partial charge < -0.3 is 15.4 Å². The quantitative estimate of drug-likeness (QED) is 0.343. The predicted octanol–water partition coefficient (Wildman–Crippen LogP) is 4.47. The molecule has 0 radical (unpaired) electrons. The van der Waals surface area contributed by atoms with E-state index >= 15 is 0 Å². The summed E-state index contributed by atoms with van der Waals surface area (Å²) in [5, 5.41) is 11.9. The van der Waals surface area contributed by atoms with E-state index in [4.69, 9.17) is 16.3 Å². The maximum Gasteiger partial charge on any atom is 0.177 e. The number of morpholine rings is 1. The maximum absolute atomic E-state index is 6.38. The first kappa shape index (κ1) is 22.5. The van der Waals surface area contributed by atoms with Gasteiger partial charge in [0.05, 0.1) is 30.8 Å². The molecule has 3 aromatic rings. The molecule has 0 atom stereocenters. The number of aromatic nitrogens is 3. The Morgan fingerprint density at radius 1 is 1.27 bits per heavy atom. The molecule has 2 aromatic heterocycles. The summed E-state index contributed by atoms with van der Waals surface area (Å²) in [6, 6.07) is 8.80. The molecular formula is C24H29ClN6OS. The van der Waals surface area contributed by atoms with Crippen LogP contribution in [0.25, 0.3) is 22.6 Å². The van der Waals surface area contributed by atoms with Crippen molar-refractivity contribution in [2.24, 2.45) is 0 Å². The van der Waals surface area contributed by atoms with Crippen molar-refractivity contribution in [2.45, 2.75) is 25.8 Å². The summed E-state index contributed by atoms with van der Waals surface area (Å²) in [4.78, 5) is 4.66. The second-order valence-corrected chi connectivity index (χ2v) is 10.1. The molecule has 0 spiro atoms. The molecule has 5 rings (SSSR count). The molecule has 2 N–H and O–H groups in total. The summed E-state index contributed by atoms with van der Waals surface area (Å²) in [5.41, 5.74) is 6.92. The van der Waals surface area contributed by atoms with Gasteiger partial charge >= 0.3 is 0 Å². The van der Waals surface area contributed by atoms with Gasteiger partial charge in [0.1, 0.15) is 0 Å². The van der Waals surface area contributed by atoms with E-state index in [9.17, 15) is 0 Å². The number of nitrogens with one attached hydrogen (secondary N) is 2. The Morgan fingerprint density at radius 2 is 2.09 bits per heavy atom. The van der Waals surface area contributed by atoms with Crippen molar-refractivity contribution in [3.63, 3.8) is 0 Å². The van der Waals surface area contributed by atoms with Gasteiger partial charge in [-0.15, -0.1) is 0 Å². The minimum absolute atomic E-state index is 0.431. The second kappa shape index (κ2) is 9.93. The van der Waals surface area contributed by atoms with Crippen LogP contribution in [0, 0.1) is 6.92 Å². The Morgan fingerprint density at radius 3 is 2.85 bits per heavy atom. The molecule has 0 unspecified atom stereocenters. The van der Waals surface area contributed by atoms with Crippen LogP contribution in [0.15, 0.2) is 37.0 Å². The molecule has 1 saturated heterocycles. The highest BCUT2D eigenvalue weighted by Crippen LogP contribution is 2.29. The van der Waals surface area contributed by atoms with Gasteiger partial charge in [-0.25, -0.2) is 13.8 Å². The zero-order valence-electron chi connectivity index (χ0n) is 18.8. The van der Waals surface area contributed by atoms with Crippen LogP contribution in [-0.2, 0) is 4.74 Å². The van der Waals surface area contributed by atoms with Gasteiger partial charge in [0.2, 0.25) is 0 Å². The third-order valence-electron chi connectivity index (χ3n) is 5.90. The third kappa shape index (κ3) is 5.30. The van der Waals surface area contributed by atoms with E-state index in [1.165, 1.54) is 18.4 Å². The molecule has 7 nitrogen and oxygen atoms in total. The van der Waals surface area contributed by atoms with E-state index < -0.39 is 0 Å². The molecule has 0 amide bonds. The summed E-state index contributed by atoms with van der Waals surface area (Å²) in [5.74, 6) is 0.957. The summed E-state index contributed by atoms with van der Waals surface area (Å²) in [6.07, 6.45) is 4.32. The third-order valence-corrected chi connectivity index (χ3v) is 7.20. The average Bonchev–Trinajstić information content (AvgIpc) is 3.52. The number of benzene rings is 1. The number of imidazole rings is 1. The molecule has 0 bridgehead atoms. The standard InChI is InChI=1S/C24H29ClN6OS/c1-16-13-18(3-6-20(16)17(2)28-19-4-5-19)22-15-27-24-21(14-23(25)29-31(22)24)26-7-12-33-30-8-10-32-11-9-30/h3,6,13-15,19,26,28H,2,4-5,7-12H2,1H3. The lowest BCUT2D eigenvalue weighted by Crippen LogP contribution is -2.31. The number of hydrogen-bond donors (Lipinski definition) is 2. The first-order valence-corrected chi connectivity index (χ1v) is 12.7. The Balaban J connectivity index is 1.31. The number of rotatable bonds is 9. The van der Waals surface area contributed by atoms with Crippen LogP contribution in [0.4, 0.5) is 5.69 Å². The first-order chi connectivity index (χ1) is 16.1. The van der Waals surface area contributed by atoms with E-state index in [0.29, 0.717) is 11.2 Å². The number of fused-ring (bicyclic) bond motifs is 1. The van der Waals surface area contributed by atoms with Gasteiger partial charge in [-0.2, -0.15) is 5.10 Å². The molecule has 2 fully saturated rings. The smallest absolute Gasteiger partial charge is 0.177 e. The molecule has 2 aliphatic rings. The van der Waals surface area contributed by atoms with Gasteiger partial charge in [-0.05, 0) is 37.0 Å². The van der Waals surface area contributed by atoms with E-state index in [1.54, 1.807) is 0 Å². The predicted molar refractivity (Wildman–Crippen MR) is 137 cm³/mol. The Labute approximate surface area is 203 Å². The van der Waals surface area contributed by atoms with Gasteiger partial charge in [0.15, 0.2) is 10.8 Å². The minimum atomic E-state index is 0.431. The van der Waals surface area contributed by atoms with E-state index in [2.05, 4.69) is 56.7 Å². The van der Waals surface area contributed by atoms with Crippen LogP contribution in [0.3, 0.4) is 0 Å². The Hall–Kier alpha value is -2.26. The maximum atomic E-state index is 6.38. The van der Waals surface area contributed by atoms with Gasteiger partial charge in [-0.3, -0.25) is 0 Å². The summed E-state index contributed by atoms with van der Waals surface area (Å²) < 4.78 is 9.59. The number of halogens is 1. The summed E-state index contributed by atoms with van der Waals surface area (Å²) in [7, 11) is 0. The zero-order valence-corrected chi connectivity index (χ0v) is 20.4. The average molecular weight is 485 g/mol. The molecule has 1 aliphatic heterocycles. The molecule has 174 valence electrons. The van der Waals surface area contributed by atoms with Crippen molar-refractivity contribution < 1.29 is 4.74 Å². The Kier molecular flexibility index (Phi) is 6.78. The number of aryl methyl sites for hydroxylation is 1. The van der Waals surface area contributed by atoms with Gasteiger partial charge in [0.25, 0.3) is 0 Å². The lowest BCUT2D eigenvalue weighted by Gasteiger charge is -2.25. The summed E-state index contributed by atoms with van der Waals surface area (Å²) in [6.45, 7) is 10.7. The van der Waals surface area contributed by atoms with Crippen molar-refractivity contribution in [2.75, 3.05) is 43.9 Å². The molecule has 1 aromatic carbocycles. The fourth-order valence-corrected chi connectivity index (χ4v) is 5.06. The van der Waals surface area contributed by atoms with Gasteiger partial charge in [-0.1, -0.05) is 42.3 Å². The molecule has 1 aliphatic carbocycles. The summed E-state index contributed by atoms with van der Waals surface area (Å²) >= 11 is 8.22. The highest BCUT2D eigenvalue weighted by molar-refractivity contribution is 7.97. The number of hydrogen-bond acceptors (Lipinski definition) is 7. The van der Waals surface area contributed by atoms with Gasteiger partial charge in [0, 0.05) is 48.8 Å². The topological polar surface area (TPSA) is 66.7 Å². The normalized spacial score (nSPS) is 16.8. The van der Waals surface area contributed by atoms with Crippen LogP contribution in [-0.4, -0.2) is 63.5 Å². The zero-order chi connectivity index (χ0) is 22.8. The van der Waals surface area contributed by atoms with Crippen molar-refractivity contribution >= 4 is 40.6 Å². The highest BCUT2D eigenvalue weighted by Gasteiger charge is 2.22. The molecular weight excluding hydrogens is 456 g/mol. The molecule has 9 heteroatoms. The molecule has 1 saturated carbocycles. The molecule has 33 heavy (non-hydrogen) atoms. The van der Waals surface area contributed by atoms with Crippen LogP contribution in [0.2, 0.25) is 5.15 Å². The van der Waals surface area contributed by atoms with E-state index in [1.807, 2.05) is 28.7 Å². The van der Waals surface area contributed by atoms with Crippen LogP contribution >= 0.6 is 23.5 Å². The van der Waals surface area contributed by atoms with Crippen LogP contribution in [0.5, 0.6) is 0 Å². The number of ether oxygens (including phenoxy) is 1. The molecule has 3 heterocycles. The van der Waals surface area contributed by atoms with E-state index in [0.717, 1.165) is 72.5 Å². The first-order valence-electron chi connectivity index (χ1n) is 11.4. The minimum Gasteiger partial charge on any atom is -0.382 e. The lowest BCUT2D eigenvalue weighted by atomic mass is 10.0. The largest absolute Gasteiger partial charge is 0.382 e. The highest BCUT2D eigenvalue weighted by atomic mass is 35.5. The van der Waals surface area contributed by atoms with Crippen LogP contribution in [0.1, 0.15) is 24.0 Å². The van der Waals surface area contributed by atoms with Crippen molar-refractivity contribution in [3.05, 3.63) is 53.3 Å². The van der Waals surface area contributed by atoms with Crippen molar-refractivity contribution in [3.8, 4) is 11.3 Å². The second-order valence-electron chi connectivity index (χ2n) is 8.49. The lowest BCUT2D eigenvalue weighted by molar-refractivity contribution is 0.0773. The SMILES string of the molecule is C=C(NC1CC1)c1ccc(-c2cnc3c(NCCSN4CCOCC4)cc(Cl)nn23)cc1C. The van der Waals surface area contributed by atoms with Crippen molar-refractivity contribution in [1.82, 2.24) is 24.2 Å².